The molecule has 6 rings (SSSR count). The predicted octanol–water partition coefficient (Wildman–Crippen LogP) is 16.9. The Morgan fingerprint density at radius 3 is 1.19 bits per heavy atom. The molecule has 2 unspecified atom stereocenters. The average Bonchev–Trinajstić information content (AvgIpc) is 3.20. The van der Waals surface area contributed by atoms with Crippen LogP contribution < -0.4 is 9.47 Å². The van der Waals surface area contributed by atoms with E-state index in [1.165, 1.54) is 95.6 Å². The van der Waals surface area contributed by atoms with Gasteiger partial charge in [0.1, 0.15) is 0 Å². The van der Waals surface area contributed by atoms with Gasteiger partial charge >= 0.3 is 12.7 Å². The Balaban J connectivity index is 0.000000224. The van der Waals surface area contributed by atoms with E-state index in [0.717, 1.165) is 122 Å². The summed E-state index contributed by atoms with van der Waals surface area (Å²) in [6, 6.07) is 7.85. The SMILES string of the molecule is CCC1CCC(C(C)CC2CCC(c3ccc(OC(F)(F)F)c(F)c3)CC2)CC1.CCCC1CCC(C(C)CC2CCC(c3ccc(OC(F)(F)F)c(F)c3)CC2)CC1. The largest absolute Gasteiger partial charge is 0.573 e. The number of hydrogen-bond donors (Lipinski definition) is 0. The highest BCUT2D eigenvalue weighted by molar-refractivity contribution is 5.32. The van der Waals surface area contributed by atoms with Crippen molar-refractivity contribution in [2.45, 2.75) is 187 Å². The summed E-state index contributed by atoms with van der Waals surface area (Å²) in [6.45, 7) is 9.42. The number of halogens is 8. The molecule has 0 bridgehead atoms. The van der Waals surface area contributed by atoms with Crippen molar-refractivity contribution in [3.8, 4) is 11.5 Å². The molecule has 2 aromatic carbocycles. The third kappa shape index (κ3) is 15.1. The van der Waals surface area contributed by atoms with Crippen LogP contribution in [0.1, 0.15) is 185 Å². The van der Waals surface area contributed by atoms with Crippen LogP contribution >= 0.6 is 0 Å². The molecular weight excluding hydrogens is 773 g/mol. The lowest BCUT2D eigenvalue weighted by molar-refractivity contribution is -0.276. The predicted molar refractivity (Wildman–Crippen MR) is 219 cm³/mol. The summed E-state index contributed by atoms with van der Waals surface area (Å²) >= 11 is 0. The first-order valence-corrected chi connectivity index (χ1v) is 23.1. The minimum Gasteiger partial charge on any atom is -0.403 e. The van der Waals surface area contributed by atoms with E-state index in [9.17, 15) is 35.1 Å². The molecule has 4 aliphatic rings. The van der Waals surface area contributed by atoms with Gasteiger partial charge in [0.05, 0.1) is 0 Å². The molecule has 0 spiro atoms. The van der Waals surface area contributed by atoms with Gasteiger partial charge in [0.15, 0.2) is 23.1 Å². The maximum atomic E-state index is 14.0. The van der Waals surface area contributed by atoms with Crippen molar-refractivity contribution in [3.63, 3.8) is 0 Å². The maximum absolute atomic E-state index is 14.0. The number of alkyl halides is 6. The van der Waals surface area contributed by atoms with E-state index in [0.29, 0.717) is 0 Å². The second-order valence-electron chi connectivity index (χ2n) is 19.1. The first kappa shape index (κ1) is 47.5. The third-order valence-electron chi connectivity index (χ3n) is 15.1. The van der Waals surface area contributed by atoms with Crippen molar-refractivity contribution >= 4 is 0 Å². The van der Waals surface area contributed by atoms with Gasteiger partial charge in [0.2, 0.25) is 0 Å². The minimum atomic E-state index is -4.87. The molecule has 0 radical (unpaired) electrons. The molecule has 2 aromatic rings. The van der Waals surface area contributed by atoms with Crippen LogP contribution in [0.5, 0.6) is 11.5 Å². The molecule has 0 heterocycles. The van der Waals surface area contributed by atoms with Crippen molar-refractivity contribution in [1.29, 1.82) is 0 Å². The fraction of sp³-hybridized carbons (Fsp3) is 0.755. The van der Waals surface area contributed by atoms with E-state index in [4.69, 9.17) is 0 Å². The monoisotopic (exact) mass is 843 g/mol. The Bertz CT molecular complexity index is 1530. The molecular formula is C49H70F8O2. The summed E-state index contributed by atoms with van der Waals surface area (Å²) in [7, 11) is 0. The van der Waals surface area contributed by atoms with Crippen LogP contribution in [0.25, 0.3) is 0 Å². The van der Waals surface area contributed by atoms with Gasteiger partial charge in [-0.15, -0.1) is 26.3 Å². The molecule has 10 heteroatoms. The summed E-state index contributed by atoms with van der Waals surface area (Å²) in [6.07, 6.45) is 16.4. The molecule has 334 valence electrons. The number of ether oxygens (including phenoxy) is 2. The van der Waals surface area contributed by atoms with Crippen LogP contribution in [-0.2, 0) is 0 Å². The van der Waals surface area contributed by atoms with E-state index in [2.05, 4.69) is 37.2 Å². The van der Waals surface area contributed by atoms with Crippen LogP contribution in [0.15, 0.2) is 36.4 Å². The Hall–Kier alpha value is -2.52. The molecule has 0 aliphatic heterocycles. The van der Waals surface area contributed by atoms with Crippen LogP contribution in [-0.4, -0.2) is 12.7 Å². The summed E-state index contributed by atoms with van der Waals surface area (Å²) in [5.74, 6) is 3.70. The fourth-order valence-electron chi connectivity index (χ4n) is 11.5. The second-order valence-corrected chi connectivity index (χ2v) is 19.1. The zero-order chi connectivity index (χ0) is 42.7. The van der Waals surface area contributed by atoms with Gasteiger partial charge in [-0.2, -0.15) is 0 Å². The van der Waals surface area contributed by atoms with Gasteiger partial charge in [0, 0.05) is 0 Å². The standard InChI is InChI=1S/C25H36F4O.C24H34F4O/c1-3-4-18-5-9-20(10-6-18)17(2)15-19-7-11-21(12-8-19)22-13-14-24(23(26)16-22)30-25(27,28)29;1-3-17-4-8-19(9-5-17)16(2)14-18-6-10-20(11-7-18)21-12-13-23(22(25)15-21)29-24(26,27)28/h13-14,16-21H,3-12,15H2,1-2H3;12-13,15-20H,3-11,14H2,1-2H3. The van der Waals surface area contributed by atoms with Crippen molar-refractivity contribution in [3.05, 3.63) is 59.2 Å². The highest BCUT2D eigenvalue weighted by Crippen LogP contribution is 2.45. The Labute approximate surface area is 349 Å². The smallest absolute Gasteiger partial charge is 0.403 e. The first-order valence-electron chi connectivity index (χ1n) is 23.1. The van der Waals surface area contributed by atoms with E-state index in [1.807, 2.05) is 0 Å². The van der Waals surface area contributed by atoms with Crippen molar-refractivity contribution < 1.29 is 44.6 Å². The molecule has 4 saturated carbocycles. The van der Waals surface area contributed by atoms with Gasteiger partial charge in [-0.25, -0.2) is 8.78 Å². The van der Waals surface area contributed by atoms with Crippen LogP contribution in [0, 0.1) is 59.0 Å². The number of hydrogen-bond acceptors (Lipinski definition) is 2. The van der Waals surface area contributed by atoms with Crippen LogP contribution in [0.4, 0.5) is 35.1 Å². The van der Waals surface area contributed by atoms with Gasteiger partial charge < -0.3 is 9.47 Å². The highest BCUT2D eigenvalue weighted by atomic mass is 19.4. The summed E-state index contributed by atoms with van der Waals surface area (Å²) in [5, 5.41) is 0. The lowest BCUT2D eigenvalue weighted by atomic mass is 9.70. The molecule has 2 atom stereocenters. The van der Waals surface area contributed by atoms with Gasteiger partial charge in [-0.1, -0.05) is 84.8 Å². The molecule has 0 N–H and O–H groups in total. The molecule has 0 amide bonds. The van der Waals surface area contributed by atoms with Gasteiger partial charge in [-0.3, -0.25) is 0 Å². The van der Waals surface area contributed by atoms with Gasteiger partial charge in [0.25, 0.3) is 0 Å². The Kier molecular flexibility index (Phi) is 17.7. The zero-order valence-electron chi connectivity index (χ0n) is 35.9. The topological polar surface area (TPSA) is 18.5 Å². The summed E-state index contributed by atoms with van der Waals surface area (Å²) in [4.78, 5) is 0. The summed E-state index contributed by atoms with van der Waals surface area (Å²) in [5.41, 5.74) is 1.59. The van der Waals surface area contributed by atoms with Crippen LogP contribution in [0.2, 0.25) is 0 Å². The van der Waals surface area contributed by atoms with Crippen molar-refractivity contribution in [2.75, 3.05) is 0 Å². The van der Waals surface area contributed by atoms with Gasteiger partial charge in [-0.05, 0) is 184 Å². The first-order chi connectivity index (χ1) is 28.0. The molecule has 0 saturated heterocycles. The van der Waals surface area contributed by atoms with Crippen molar-refractivity contribution in [1.82, 2.24) is 0 Å². The maximum Gasteiger partial charge on any atom is 0.573 e. The Morgan fingerprint density at radius 2 is 0.864 bits per heavy atom. The average molecular weight is 843 g/mol. The zero-order valence-corrected chi connectivity index (χ0v) is 35.9. The molecule has 4 aliphatic carbocycles. The third-order valence-corrected chi connectivity index (χ3v) is 15.1. The molecule has 0 aromatic heterocycles. The van der Waals surface area contributed by atoms with Crippen molar-refractivity contribution in [2.24, 2.45) is 47.3 Å². The normalized spacial score (nSPS) is 29.2. The molecule has 2 nitrogen and oxygen atoms in total. The lowest BCUT2D eigenvalue weighted by Crippen LogP contribution is -2.23. The quantitative estimate of drug-likeness (QED) is 0.187. The van der Waals surface area contributed by atoms with E-state index in [1.54, 1.807) is 12.1 Å². The van der Waals surface area contributed by atoms with E-state index in [-0.39, 0.29) is 11.8 Å². The highest BCUT2D eigenvalue weighted by Gasteiger charge is 2.35. The lowest BCUT2D eigenvalue weighted by Gasteiger charge is -2.36. The van der Waals surface area contributed by atoms with E-state index >= 15 is 0 Å². The minimum absolute atomic E-state index is 0.232. The summed E-state index contributed by atoms with van der Waals surface area (Å²) < 4.78 is 109. The molecule has 4 fully saturated rings. The second kappa shape index (κ2) is 22.0. The number of rotatable bonds is 13. The Morgan fingerprint density at radius 1 is 0.508 bits per heavy atom. The molecule has 59 heavy (non-hydrogen) atoms. The fourth-order valence-corrected chi connectivity index (χ4v) is 11.5. The number of benzene rings is 2. The van der Waals surface area contributed by atoms with E-state index < -0.39 is 35.9 Å². The van der Waals surface area contributed by atoms with Crippen LogP contribution in [0.3, 0.4) is 0 Å².